The van der Waals surface area contributed by atoms with Gasteiger partial charge in [0.15, 0.2) is 0 Å². The molecular weight excluding hydrogens is 486 g/mol. The number of carbonyl (C=O) groups excluding carboxylic acids is 2. The van der Waals surface area contributed by atoms with Crippen molar-refractivity contribution < 1.29 is 9.59 Å². The number of carbonyl (C=O) groups is 2. The van der Waals surface area contributed by atoms with Crippen LogP contribution >= 0.6 is 23.5 Å². The van der Waals surface area contributed by atoms with E-state index in [0.29, 0.717) is 5.69 Å². The SMILES string of the molecule is Cc1ccccc1NC(=O)C(C)Sc1cccc(NC(=O)N2c3ccccc3SC3C=CC=CC32)c1. The molecule has 3 amide bonds. The van der Waals surface area contributed by atoms with Crippen LogP contribution in [0.4, 0.5) is 21.9 Å². The van der Waals surface area contributed by atoms with Gasteiger partial charge in [0.2, 0.25) is 5.91 Å². The van der Waals surface area contributed by atoms with Crippen LogP contribution < -0.4 is 15.5 Å². The quantitative estimate of drug-likeness (QED) is 0.357. The standard InChI is InChI=1S/C29H27N3O2S2/c1-19-10-3-4-13-23(19)31-28(33)20(2)35-22-12-9-11-21(18-22)30-29(34)32-24-14-5-7-16-26(24)36-27-17-8-6-15-25(27)32/h3-18,20,24,26H,1-2H3,(H,30,34)(H,31,33). The van der Waals surface area contributed by atoms with Crippen molar-refractivity contribution in [2.45, 2.75) is 40.2 Å². The average molecular weight is 514 g/mol. The highest BCUT2D eigenvalue weighted by Gasteiger charge is 2.36. The van der Waals surface area contributed by atoms with Gasteiger partial charge in [-0.05, 0) is 55.8 Å². The lowest BCUT2D eigenvalue weighted by atomic mass is 10.1. The minimum absolute atomic E-state index is 0.0578. The molecule has 3 aromatic carbocycles. The second kappa shape index (κ2) is 10.7. The van der Waals surface area contributed by atoms with Crippen molar-refractivity contribution in [2.75, 3.05) is 15.5 Å². The van der Waals surface area contributed by atoms with E-state index in [2.05, 4.69) is 28.9 Å². The molecule has 1 heterocycles. The first kappa shape index (κ1) is 24.3. The topological polar surface area (TPSA) is 61.4 Å². The smallest absolute Gasteiger partial charge is 0.325 e. The first-order valence-electron chi connectivity index (χ1n) is 11.8. The van der Waals surface area contributed by atoms with Crippen molar-refractivity contribution in [3.8, 4) is 0 Å². The van der Waals surface area contributed by atoms with Gasteiger partial charge in [0, 0.05) is 21.2 Å². The maximum atomic E-state index is 13.5. The monoisotopic (exact) mass is 513 g/mol. The molecule has 0 spiro atoms. The van der Waals surface area contributed by atoms with Gasteiger partial charge in [0.1, 0.15) is 0 Å². The molecule has 0 fully saturated rings. The number of hydrogen-bond acceptors (Lipinski definition) is 4. The van der Waals surface area contributed by atoms with Crippen LogP contribution in [0.2, 0.25) is 0 Å². The van der Waals surface area contributed by atoms with Gasteiger partial charge < -0.3 is 10.6 Å². The number of anilines is 3. The summed E-state index contributed by atoms with van der Waals surface area (Å²) < 4.78 is 0. The van der Waals surface area contributed by atoms with E-state index in [1.165, 1.54) is 11.8 Å². The number of aryl methyl sites for hydroxylation is 1. The first-order chi connectivity index (χ1) is 17.5. The van der Waals surface area contributed by atoms with E-state index in [9.17, 15) is 9.59 Å². The minimum atomic E-state index is -0.304. The summed E-state index contributed by atoms with van der Waals surface area (Å²) in [6.45, 7) is 3.86. The predicted molar refractivity (Wildman–Crippen MR) is 151 cm³/mol. The third-order valence-electron chi connectivity index (χ3n) is 6.13. The third-order valence-corrected chi connectivity index (χ3v) is 8.53. The van der Waals surface area contributed by atoms with Gasteiger partial charge in [0.25, 0.3) is 0 Å². The Labute approximate surface area is 220 Å². The zero-order valence-corrected chi connectivity index (χ0v) is 21.7. The molecule has 7 heteroatoms. The minimum Gasteiger partial charge on any atom is -0.325 e. The Bertz CT molecular complexity index is 1350. The molecule has 3 unspecified atom stereocenters. The maximum Gasteiger partial charge on any atom is 0.326 e. The fourth-order valence-corrected chi connectivity index (χ4v) is 6.45. The highest BCUT2D eigenvalue weighted by Crippen LogP contribution is 2.43. The molecule has 1 aliphatic heterocycles. The summed E-state index contributed by atoms with van der Waals surface area (Å²) in [6.07, 6.45) is 8.26. The molecule has 182 valence electrons. The van der Waals surface area contributed by atoms with Crippen LogP contribution in [0.25, 0.3) is 0 Å². The van der Waals surface area contributed by atoms with Crippen LogP contribution in [0.5, 0.6) is 0 Å². The van der Waals surface area contributed by atoms with Gasteiger partial charge in [-0.1, -0.05) is 60.7 Å². The maximum absolute atomic E-state index is 13.5. The van der Waals surface area contributed by atoms with Crippen molar-refractivity contribution in [1.82, 2.24) is 0 Å². The molecule has 0 bridgehead atoms. The van der Waals surface area contributed by atoms with Gasteiger partial charge in [-0.3, -0.25) is 9.69 Å². The van der Waals surface area contributed by atoms with E-state index in [0.717, 1.165) is 26.7 Å². The van der Waals surface area contributed by atoms with E-state index in [1.807, 2.05) is 97.6 Å². The van der Waals surface area contributed by atoms with Gasteiger partial charge in [-0.15, -0.1) is 23.5 Å². The van der Waals surface area contributed by atoms with Crippen molar-refractivity contribution in [3.63, 3.8) is 0 Å². The number of thioether (sulfide) groups is 2. The van der Waals surface area contributed by atoms with Crippen LogP contribution in [-0.4, -0.2) is 28.5 Å². The Hall–Kier alpha value is -3.42. The molecule has 5 nitrogen and oxygen atoms in total. The second-order valence-corrected chi connectivity index (χ2v) is 11.3. The van der Waals surface area contributed by atoms with E-state index in [-0.39, 0.29) is 28.5 Å². The zero-order valence-electron chi connectivity index (χ0n) is 20.0. The van der Waals surface area contributed by atoms with Crippen LogP contribution in [-0.2, 0) is 4.79 Å². The molecule has 2 N–H and O–H groups in total. The van der Waals surface area contributed by atoms with Crippen LogP contribution in [0.1, 0.15) is 12.5 Å². The van der Waals surface area contributed by atoms with Crippen molar-refractivity contribution >= 4 is 52.5 Å². The number of nitrogens with one attached hydrogen (secondary N) is 2. The Kier molecular flexibility index (Phi) is 7.20. The Morgan fingerprint density at radius 2 is 1.72 bits per heavy atom. The number of rotatable bonds is 5. The highest BCUT2D eigenvalue weighted by atomic mass is 32.2. The Morgan fingerprint density at radius 3 is 2.58 bits per heavy atom. The van der Waals surface area contributed by atoms with E-state index in [1.54, 1.807) is 11.8 Å². The number of para-hydroxylation sites is 2. The average Bonchev–Trinajstić information content (AvgIpc) is 2.88. The van der Waals surface area contributed by atoms with Crippen molar-refractivity contribution in [2.24, 2.45) is 0 Å². The number of allylic oxidation sites excluding steroid dienone is 2. The summed E-state index contributed by atoms with van der Waals surface area (Å²) >= 11 is 3.24. The summed E-state index contributed by atoms with van der Waals surface area (Å²) in [5, 5.41) is 5.95. The molecule has 1 aliphatic carbocycles. The van der Waals surface area contributed by atoms with Gasteiger partial charge in [-0.2, -0.15) is 0 Å². The Morgan fingerprint density at radius 1 is 0.944 bits per heavy atom. The number of urea groups is 1. The summed E-state index contributed by atoms with van der Waals surface area (Å²) in [7, 11) is 0. The Balaban J connectivity index is 1.29. The molecule has 2 aliphatic rings. The molecular formula is C29H27N3O2S2. The lowest BCUT2D eigenvalue weighted by molar-refractivity contribution is -0.115. The number of nitrogens with zero attached hydrogens (tertiary/aromatic N) is 1. The van der Waals surface area contributed by atoms with Crippen molar-refractivity contribution in [1.29, 1.82) is 0 Å². The van der Waals surface area contributed by atoms with Crippen LogP contribution in [0, 0.1) is 6.92 Å². The fraction of sp³-hybridized carbons (Fsp3) is 0.172. The van der Waals surface area contributed by atoms with E-state index in [4.69, 9.17) is 0 Å². The number of hydrogen-bond donors (Lipinski definition) is 2. The third kappa shape index (κ3) is 5.22. The molecule has 0 radical (unpaired) electrons. The normalized spacial score (nSPS) is 18.7. The number of benzene rings is 3. The van der Waals surface area contributed by atoms with Crippen LogP contribution in [0.3, 0.4) is 0 Å². The molecule has 3 aromatic rings. The lowest BCUT2D eigenvalue weighted by Crippen LogP contribution is -2.49. The van der Waals surface area contributed by atoms with E-state index >= 15 is 0 Å². The van der Waals surface area contributed by atoms with Crippen LogP contribution in [0.15, 0.2) is 107 Å². The predicted octanol–water partition coefficient (Wildman–Crippen LogP) is 7.12. The molecule has 0 saturated carbocycles. The first-order valence-corrected chi connectivity index (χ1v) is 13.6. The summed E-state index contributed by atoms with van der Waals surface area (Å²) in [4.78, 5) is 30.1. The summed E-state index contributed by atoms with van der Waals surface area (Å²) in [5.41, 5.74) is 3.45. The molecule has 0 aromatic heterocycles. The second-order valence-electron chi connectivity index (χ2n) is 8.70. The molecule has 5 rings (SSSR count). The lowest BCUT2D eigenvalue weighted by Gasteiger charge is -2.40. The molecule has 3 atom stereocenters. The summed E-state index contributed by atoms with van der Waals surface area (Å²) in [5.74, 6) is -0.0608. The van der Waals surface area contributed by atoms with Crippen molar-refractivity contribution in [3.05, 3.63) is 103 Å². The van der Waals surface area contributed by atoms with Gasteiger partial charge in [0.05, 0.1) is 22.2 Å². The number of amides is 3. The summed E-state index contributed by atoms with van der Waals surface area (Å²) in [6, 6.07) is 23.2. The van der Waals surface area contributed by atoms with E-state index < -0.39 is 0 Å². The largest absolute Gasteiger partial charge is 0.326 e. The van der Waals surface area contributed by atoms with Gasteiger partial charge >= 0.3 is 6.03 Å². The number of fused-ring (bicyclic) bond motifs is 2. The fourth-order valence-electron chi connectivity index (χ4n) is 4.26. The zero-order chi connectivity index (χ0) is 25.1. The molecule has 36 heavy (non-hydrogen) atoms. The highest BCUT2D eigenvalue weighted by molar-refractivity contribution is 8.00. The molecule has 0 saturated heterocycles. The van der Waals surface area contributed by atoms with Gasteiger partial charge in [-0.25, -0.2) is 4.79 Å².